The number of hydrogen-bond acceptors (Lipinski definition) is 4. The van der Waals surface area contributed by atoms with Gasteiger partial charge in [0.25, 0.3) is 0 Å². The summed E-state index contributed by atoms with van der Waals surface area (Å²) in [6, 6.07) is 6.50. The lowest BCUT2D eigenvalue weighted by Crippen LogP contribution is -2.06. The second-order valence-electron chi connectivity index (χ2n) is 2.88. The van der Waals surface area contributed by atoms with Crippen molar-refractivity contribution in [3.63, 3.8) is 0 Å². The summed E-state index contributed by atoms with van der Waals surface area (Å²) in [6.07, 6.45) is 0.977. The molecule has 0 N–H and O–H groups in total. The summed E-state index contributed by atoms with van der Waals surface area (Å²) in [6.45, 7) is 1.68. The van der Waals surface area contributed by atoms with Gasteiger partial charge in [0.2, 0.25) is 0 Å². The smallest absolute Gasteiger partial charge is 0.306 e. The molecule has 0 amide bonds. The van der Waals surface area contributed by atoms with Crippen LogP contribution in [0.5, 0.6) is 5.75 Å². The molecule has 0 aliphatic rings. The normalized spacial score (nSPS) is 10.6. The van der Waals surface area contributed by atoms with E-state index in [0.29, 0.717) is 11.1 Å². The molecule has 4 nitrogen and oxygen atoms in total. The van der Waals surface area contributed by atoms with Gasteiger partial charge in [-0.1, -0.05) is 0 Å². The van der Waals surface area contributed by atoms with Crippen LogP contribution in [-0.4, -0.2) is 14.7 Å². The van der Waals surface area contributed by atoms with E-state index in [1.807, 2.05) is 6.07 Å². The first kappa shape index (κ1) is 10.5. The maximum absolute atomic E-state index is 10.8. The fourth-order valence-electron chi connectivity index (χ4n) is 0.976. The predicted octanol–water partition coefficient (Wildman–Crippen LogP) is 1.21. The second-order valence-corrected chi connectivity index (χ2v) is 4.45. The summed E-state index contributed by atoms with van der Waals surface area (Å²) in [5.74, 6) is 0.256. The molecule has 0 bridgehead atoms. The summed E-state index contributed by atoms with van der Waals surface area (Å²) in [7, 11) is -3.50. The number of benzene rings is 1. The van der Waals surface area contributed by atoms with Crippen LogP contribution in [0, 0.1) is 18.3 Å². The van der Waals surface area contributed by atoms with Gasteiger partial charge in [-0.3, -0.25) is 0 Å². The quantitative estimate of drug-likeness (QED) is 0.689. The van der Waals surface area contributed by atoms with Crippen molar-refractivity contribution in [3.8, 4) is 11.8 Å². The Morgan fingerprint density at radius 2 is 2.07 bits per heavy atom. The SMILES string of the molecule is Cc1cc(C#N)ccc1OS(C)(=O)=O. The van der Waals surface area contributed by atoms with Crippen molar-refractivity contribution in [1.82, 2.24) is 0 Å². The largest absolute Gasteiger partial charge is 0.382 e. The molecule has 0 radical (unpaired) electrons. The van der Waals surface area contributed by atoms with E-state index in [2.05, 4.69) is 0 Å². The van der Waals surface area contributed by atoms with Crippen LogP contribution in [0.25, 0.3) is 0 Å². The zero-order chi connectivity index (χ0) is 10.8. The molecule has 0 atom stereocenters. The molecule has 1 aromatic carbocycles. The Bertz CT molecular complexity index is 485. The molecule has 0 saturated heterocycles. The third-order valence-electron chi connectivity index (χ3n) is 1.55. The minimum atomic E-state index is -3.50. The van der Waals surface area contributed by atoms with Crippen molar-refractivity contribution in [2.75, 3.05) is 6.26 Å². The molecule has 74 valence electrons. The van der Waals surface area contributed by atoms with Crippen LogP contribution in [-0.2, 0) is 10.1 Å². The van der Waals surface area contributed by atoms with Gasteiger partial charge in [-0.2, -0.15) is 13.7 Å². The Morgan fingerprint density at radius 1 is 1.43 bits per heavy atom. The van der Waals surface area contributed by atoms with Crippen LogP contribution >= 0.6 is 0 Å². The number of nitriles is 1. The van der Waals surface area contributed by atoms with Crippen molar-refractivity contribution in [1.29, 1.82) is 5.26 Å². The van der Waals surface area contributed by atoms with Crippen LogP contribution in [0.3, 0.4) is 0 Å². The first-order valence-corrected chi connectivity index (χ1v) is 5.64. The molecule has 0 saturated carbocycles. The highest BCUT2D eigenvalue weighted by Gasteiger charge is 2.07. The van der Waals surface area contributed by atoms with E-state index in [1.54, 1.807) is 13.0 Å². The van der Waals surface area contributed by atoms with Gasteiger partial charge in [0.15, 0.2) is 0 Å². The van der Waals surface area contributed by atoms with Crippen LogP contribution < -0.4 is 4.18 Å². The lowest BCUT2D eigenvalue weighted by atomic mass is 10.1. The summed E-state index contributed by atoms with van der Waals surface area (Å²) in [5.41, 5.74) is 1.10. The molecule has 1 aromatic rings. The van der Waals surface area contributed by atoms with Crippen molar-refractivity contribution in [2.45, 2.75) is 6.92 Å². The summed E-state index contributed by atoms with van der Waals surface area (Å²) >= 11 is 0. The average molecular weight is 211 g/mol. The van der Waals surface area contributed by atoms with E-state index in [9.17, 15) is 8.42 Å². The molecular formula is C9H9NO3S. The minimum absolute atomic E-state index is 0.256. The third-order valence-corrected chi connectivity index (χ3v) is 2.03. The van der Waals surface area contributed by atoms with E-state index < -0.39 is 10.1 Å². The highest BCUT2D eigenvalue weighted by molar-refractivity contribution is 7.86. The second kappa shape index (κ2) is 3.68. The number of nitrogens with zero attached hydrogens (tertiary/aromatic N) is 1. The Balaban J connectivity index is 3.09. The molecule has 0 spiro atoms. The van der Waals surface area contributed by atoms with Crippen molar-refractivity contribution in [2.24, 2.45) is 0 Å². The van der Waals surface area contributed by atoms with Gasteiger partial charge in [0, 0.05) is 0 Å². The Kier molecular flexibility index (Phi) is 2.77. The van der Waals surface area contributed by atoms with Gasteiger partial charge in [-0.25, -0.2) is 0 Å². The molecule has 0 aliphatic heterocycles. The highest BCUT2D eigenvalue weighted by Crippen LogP contribution is 2.19. The zero-order valence-corrected chi connectivity index (χ0v) is 8.63. The minimum Gasteiger partial charge on any atom is -0.382 e. The van der Waals surface area contributed by atoms with Gasteiger partial charge in [0.05, 0.1) is 17.9 Å². The molecule has 1 rings (SSSR count). The van der Waals surface area contributed by atoms with E-state index in [0.717, 1.165) is 6.26 Å². The number of rotatable bonds is 2. The molecule has 0 unspecified atom stereocenters. The van der Waals surface area contributed by atoms with Gasteiger partial charge in [-0.05, 0) is 30.7 Å². The maximum atomic E-state index is 10.8. The van der Waals surface area contributed by atoms with Gasteiger partial charge in [-0.15, -0.1) is 0 Å². The summed E-state index contributed by atoms with van der Waals surface area (Å²) in [4.78, 5) is 0. The van der Waals surface area contributed by atoms with E-state index in [-0.39, 0.29) is 5.75 Å². The zero-order valence-electron chi connectivity index (χ0n) is 7.81. The Morgan fingerprint density at radius 3 is 2.50 bits per heavy atom. The van der Waals surface area contributed by atoms with Crippen molar-refractivity contribution >= 4 is 10.1 Å². The topological polar surface area (TPSA) is 67.2 Å². The molecule has 0 aliphatic carbocycles. The van der Waals surface area contributed by atoms with Crippen molar-refractivity contribution < 1.29 is 12.6 Å². The molecule has 14 heavy (non-hydrogen) atoms. The lowest BCUT2D eigenvalue weighted by molar-refractivity contribution is 0.491. The number of aryl methyl sites for hydroxylation is 1. The first-order valence-electron chi connectivity index (χ1n) is 3.82. The Hall–Kier alpha value is -1.54. The third kappa shape index (κ3) is 2.75. The van der Waals surface area contributed by atoms with E-state index in [4.69, 9.17) is 9.44 Å². The van der Waals surface area contributed by atoms with Crippen LogP contribution in [0.1, 0.15) is 11.1 Å². The van der Waals surface area contributed by atoms with Crippen LogP contribution in [0.15, 0.2) is 18.2 Å². The Labute approximate surface area is 82.9 Å². The van der Waals surface area contributed by atoms with Gasteiger partial charge < -0.3 is 4.18 Å². The summed E-state index contributed by atoms with van der Waals surface area (Å²) < 4.78 is 26.3. The lowest BCUT2D eigenvalue weighted by Gasteiger charge is -2.05. The monoisotopic (exact) mass is 211 g/mol. The maximum Gasteiger partial charge on any atom is 0.306 e. The van der Waals surface area contributed by atoms with Crippen molar-refractivity contribution in [3.05, 3.63) is 29.3 Å². The summed E-state index contributed by atoms with van der Waals surface area (Å²) in [5, 5.41) is 8.58. The fourth-order valence-corrected chi connectivity index (χ4v) is 1.49. The van der Waals surface area contributed by atoms with Crippen LogP contribution in [0.2, 0.25) is 0 Å². The highest BCUT2D eigenvalue weighted by atomic mass is 32.2. The fraction of sp³-hybridized carbons (Fsp3) is 0.222. The molecule has 0 aromatic heterocycles. The number of hydrogen-bond donors (Lipinski definition) is 0. The molecular weight excluding hydrogens is 202 g/mol. The van der Waals surface area contributed by atoms with Gasteiger partial charge >= 0.3 is 10.1 Å². The first-order chi connectivity index (χ1) is 6.42. The predicted molar refractivity (Wildman–Crippen MR) is 51.4 cm³/mol. The average Bonchev–Trinajstić information content (AvgIpc) is 2.06. The standard InChI is InChI=1S/C9H9NO3S/c1-7-5-8(6-10)3-4-9(7)13-14(2,11)12/h3-5H,1-2H3. The van der Waals surface area contributed by atoms with Crippen LogP contribution in [0.4, 0.5) is 0 Å². The molecule has 5 heteroatoms. The van der Waals surface area contributed by atoms with E-state index >= 15 is 0 Å². The molecule has 0 heterocycles. The van der Waals surface area contributed by atoms with Gasteiger partial charge in [0.1, 0.15) is 5.75 Å². The van der Waals surface area contributed by atoms with E-state index in [1.165, 1.54) is 12.1 Å². The molecule has 0 fully saturated rings.